The average Bonchev–Trinajstić information content (AvgIpc) is 3.75. The molecule has 0 unspecified atom stereocenters. The normalized spacial score (nSPS) is 16.6. The first-order chi connectivity index (χ1) is 18.2. The van der Waals surface area contributed by atoms with Gasteiger partial charge in [-0.15, -0.1) is 21.5 Å². The van der Waals surface area contributed by atoms with Crippen LogP contribution in [0.25, 0.3) is 33.0 Å². The highest BCUT2D eigenvalue weighted by Gasteiger charge is 2.49. The Hall–Kier alpha value is -3.65. The Balaban J connectivity index is 1.30. The summed E-state index contributed by atoms with van der Waals surface area (Å²) < 4.78 is 0. The van der Waals surface area contributed by atoms with Gasteiger partial charge in [0.25, 0.3) is 5.91 Å². The van der Waals surface area contributed by atoms with Crippen LogP contribution in [0.3, 0.4) is 0 Å². The zero-order chi connectivity index (χ0) is 25.2. The van der Waals surface area contributed by atoms with Crippen molar-refractivity contribution in [1.82, 2.24) is 25.5 Å². The molecule has 6 rings (SSSR count). The highest BCUT2D eigenvalue weighted by Crippen LogP contribution is 2.40. The van der Waals surface area contributed by atoms with E-state index in [0.717, 1.165) is 78.6 Å². The Morgan fingerprint density at radius 2 is 1.84 bits per heavy atom. The van der Waals surface area contributed by atoms with Gasteiger partial charge in [0.1, 0.15) is 11.4 Å². The van der Waals surface area contributed by atoms with Crippen LogP contribution in [-0.4, -0.2) is 42.8 Å². The Morgan fingerprint density at radius 1 is 1.03 bits per heavy atom. The number of hydrogen-bond donors (Lipinski definition) is 1. The third-order valence-electron chi connectivity index (χ3n) is 7.50. The Labute approximate surface area is 220 Å². The third kappa shape index (κ3) is 4.50. The number of aromatic amines is 1. The summed E-state index contributed by atoms with van der Waals surface area (Å²) in [4.78, 5) is 21.7. The number of rotatable bonds is 8. The number of hydrogen-bond acceptors (Lipinski definition) is 6. The maximum Gasteiger partial charge on any atom is 0.256 e. The molecule has 8 heteroatoms. The molecule has 7 nitrogen and oxygen atoms in total. The van der Waals surface area contributed by atoms with Crippen LogP contribution in [0.15, 0.2) is 65.0 Å². The molecule has 3 heterocycles. The summed E-state index contributed by atoms with van der Waals surface area (Å²) in [7, 11) is 0. The molecule has 188 valence electrons. The van der Waals surface area contributed by atoms with Gasteiger partial charge >= 0.3 is 0 Å². The van der Waals surface area contributed by atoms with E-state index in [1.807, 2.05) is 4.90 Å². The highest BCUT2D eigenvalue weighted by atomic mass is 32.1. The quantitative estimate of drug-likeness (QED) is 0.293. The molecule has 37 heavy (non-hydrogen) atoms. The van der Waals surface area contributed by atoms with E-state index in [0.29, 0.717) is 12.4 Å². The minimum Gasteiger partial charge on any atom is -0.294 e. The SMILES string of the molecule is CCCCC1=NC2(CCCC2)C(=O)N1Cc1ccc(-c2cc(-c3cccs3)ccc2-c2nn[nH]n2)cc1. The lowest BCUT2D eigenvalue weighted by molar-refractivity contribution is -0.131. The molecule has 2 aliphatic rings. The first-order valence-corrected chi connectivity index (χ1v) is 14.0. The fourth-order valence-corrected chi connectivity index (χ4v) is 6.24. The second-order valence-electron chi connectivity index (χ2n) is 9.93. The molecule has 1 saturated carbocycles. The van der Waals surface area contributed by atoms with Gasteiger partial charge < -0.3 is 0 Å². The second-order valence-corrected chi connectivity index (χ2v) is 10.9. The van der Waals surface area contributed by atoms with Crippen molar-refractivity contribution in [3.63, 3.8) is 0 Å². The number of aliphatic imine (C=N–C) groups is 1. The van der Waals surface area contributed by atoms with Gasteiger partial charge in [-0.3, -0.25) is 14.7 Å². The number of carbonyl (C=O) groups excluding carboxylic acids is 1. The molecule has 1 spiro atoms. The van der Waals surface area contributed by atoms with Gasteiger partial charge in [0.05, 0.1) is 6.54 Å². The average molecular weight is 511 g/mol. The van der Waals surface area contributed by atoms with Crippen LogP contribution < -0.4 is 0 Å². The number of benzene rings is 2. The smallest absolute Gasteiger partial charge is 0.256 e. The first kappa shape index (κ1) is 23.7. The number of carbonyl (C=O) groups is 1. The molecule has 0 atom stereocenters. The van der Waals surface area contributed by atoms with Gasteiger partial charge in [-0.25, -0.2) is 0 Å². The monoisotopic (exact) mass is 510 g/mol. The number of thiophene rings is 1. The van der Waals surface area contributed by atoms with E-state index in [1.54, 1.807) is 11.3 Å². The van der Waals surface area contributed by atoms with Crippen molar-refractivity contribution >= 4 is 23.1 Å². The summed E-state index contributed by atoms with van der Waals surface area (Å²) in [5, 5.41) is 16.9. The van der Waals surface area contributed by atoms with Crippen molar-refractivity contribution in [2.75, 3.05) is 0 Å². The van der Waals surface area contributed by atoms with E-state index in [2.05, 4.69) is 87.5 Å². The Kier molecular flexibility index (Phi) is 6.42. The number of tetrazole rings is 1. The van der Waals surface area contributed by atoms with Crippen LogP contribution in [-0.2, 0) is 11.3 Å². The van der Waals surface area contributed by atoms with Crippen LogP contribution >= 0.6 is 11.3 Å². The van der Waals surface area contributed by atoms with Gasteiger partial charge in [0.15, 0.2) is 0 Å². The summed E-state index contributed by atoms with van der Waals surface area (Å²) >= 11 is 1.72. The summed E-state index contributed by atoms with van der Waals surface area (Å²) in [5.74, 6) is 1.74. The molecular formula is C29H30N6OS. The molecule has 4 aromatic rings. The van der Waals surface area contributed by atoms with Gasteiger partial charge in [0.2, 0.25) is 5.82 Å². The van der Waals surface area contributed by atoms with Crippen LogP contribution in [0.1, 0.15) is 57.4 Å². The lowest BCUT2D eigenvalue weighted by atomic mass is 9.95. The molecular weight excluding hydrogens is 480 g/mol. The standard InChI is InChI=1S/C29H30N6OS/c1-2-3-8-26-30-29(15-4-5-16-29)28(36)35(26)19-20-9-11-21(12-10-20)24-18-22(25-7-6-17-37-25)13-14-23(24)27-31-33-34-32-27/h6-7,9-14,17-18H,2-5,8,15-16,19H2,1H3,(H,31,32,33,34). The van der Waals surface area contributed by atoms with Crippen LogP contribution in [0.5, 0.6) is 0 Å². The maximum absolute atomic E-state index is 13.5. The van der Waals surface area contributed by atoms with E-state index in [4.69, 9.17) is 4.99 Å². The number of nitrogens with one attached hydrogen (secondary N) is 1. The van der Waals surface area contributed by atoms with Crippen LogP contribution in [0.4, 0.5) is 0 Å². The second kappa shape index (κ2) is 10.0. The number of aromatic nitrogens is 4. The molecule has 1 aliphatic heterocycles. The zero-order valence-electron chi connectivity index (χ0n) is 21.0. The number of amides is 1. The highest BCUT2D eigenvalue weighted by molar-refractivity contribution is 7.13. The van der Waals surface area contributed by atoms with E-state index in [-0.39, 0.29) is 5.91 Å². The molecule has 1 aliphatic carbocycles. The lowest BCUT2D eigenvalue weighted by Gasteiger charge is -2.23. The molecule has 2 aromatic heterocycles. The molecule has 0 saturated heterocycles. The number of amidine groups is 1. The van der Waals surface area contributed by atoms with E-state index in [1.165, 1.54) is 4.88 Å². The molecule has 1 N–H and O–H groups in total. The molecule has 2 aromatic carbocycles. The van der Waals surface area contributed by atoms with Gasteiger partial charge in [0, 0.05) is 16.9 Å². The molecule has 0 radical (unpaired) electrons. The molecule has 0 bridgehead atoms. The predicted molar refractivity (Wildman–Crippen MR) is 147 cm³/mol. The minimum atomic E-state index is -0.495. The predicted octanol–water partition coefficient (Wildman–Crippen LogP) is 6.51. The van der Waals surface area contributed by atoms with Crippen molar-refractivity contribution in [1.29, 1.82) is 0 Å². The summed E-state index contributed by atoms with van der Waals surface area (Å²) in [5.41, 5.74) is 4.81. The fraction of sp³-hybridized carbons (Fsp3) is 0.345. The summed E-state index contributed by atoms with van der Waals surface area (Å²) in [6.45, 7) is 2.75. The van der Waals surface area contributed by atoms with Crippen molar-refractivity contribution in [3.8, 4) is 33.0 Å². The fourth-order valence-electron chi connectivity index (χ4n) is 5.52. The van der Waals surface area contributed by atoms with E-state index in [9.17, 15) is 4.79 Å². The maximum atomic E-state index is 13.5. The van der Waals surface area contributed by atoms with E-state index >= 15 is 0 Å². The largest absolute Gasteiger partial charge is 0.294 e. The number of nitrogens with zero attached hydrogens (tertiary/aromatic N) is 5. The van der Waals surface area contributed by atoms with Crippen molar-refractivity contribution in [3.05, 3.63) is 65.5 Å². The van der Waals surface area contributed by atoms with E-state index < -0.39 is 5.54 Å². The number of unbranched alkanes of at least 4 members (excludes halogenated alkanes) is 1. The topological polar surface area (TPSA) is 87.1 Å². The zero-order valence-corrected chi connectivity index (χ0v) is 21.8. The number of H-pyrrole nitrogens is 1. The van der Waals surface area contributed by atoms with Crippen LogP contribution in [0, 0.1) is 0 Å². The van der Waals surface area contributed by atoms with Crippen molar-refractivity contribution in [2.45, 2.75) is 64.0 Å². The van der Waals surface area contributed by atoms with Gasteiger partial charge in [-0.1, -0.05) is 62.6 Å². The minimum absolute atomic E-state index is 0.197. The third-order valence-corrected chi connectivity index (χ3v) is 8.42. The Bertz CT molecular complexity index is 1400. The molecule has 1 amide bonds. The van der Waals surface area contributed by atoms with Crippen molar-refractivity contribution in [2.24, 2.45) is 4.99 Å². The Morgan fingerprint density at radius 3 is 2.54 bits per heavy atom. The van der Waals surface area contributed by atoms with Crippen LogP contribution in [0.2, 0.25) is 0 Å². The molecule has 1 fully saturated rings. The first-order valence-electron chi connectivity index (χ1n) is 13.1. The summed E-state index contributed by atoms with van der Waals surface area (Å²) in [6, 6.07) is 19.0. The summed E-state index contributed by atoms with van der Waals surface area (Å²) in [6.07, 6.45) is 6.96. The lowest BCUT2D eigenvalue weighted by Crippen LogP contribution is -2.40. The van der Waals surface area contributed by atoms with Gasteiger partial charge in [-0.05, 0) is 70.3 Å². The van der Waals surface area contributed by atoms with Crippen molar-refractivity contribution < 1.29 is 4.79 Å². The van der Waals surface area contributed by atoms with Gasteiger partial charge in [-0.2, -0.15) is 5.21 Å².